The van der Waals surface area contributed by atoms with Crippen LogP contribution in [0.2, 0.25) is 5.02 Å². The minimum absolute atomic E-state index is 0.0633. The molecule has 2 aromatic rings. The molecular weight excluding hydrogens is 310 g/mol. The van der Waals surface area contributed by atoms with Crippen LogP contribution in [0, 0.1) is 5.92 Å². The van der Waals surface area contributed by atoms with E-state index in [0.29, 0.717) is 17.4 Å². The molecule has 0 aliphatic rings. The van der Waals surface area contributed by atoms with Gasteiger partial charge in [-0.1, -0.05) is 31.5 Å². The molecule has 0 aliphatic carbocycles. The molecule has 0 bridgehead atoms. The van der Waals surface area contributed by atoms with E-state index >= 15 is 0 Å². The molecule has 5 heteroatoms. The van der Waals surface area contributed by atoms with Crippen molar-refractivity contribution < 1.29 is 4.79 Å². The smallest absolute Gasteiger partial charge is 0.224 e. The SMILES string of the molecule is CC(C)CC(CN(C)C)NC(=O)Cc1c[nH]c2cc(Cl)ccc12. The maximum atomic E-state index is 12.4. The van der Waals surface area contributed by atoms with Crippen molar-refractivity contribution in [3.8, 4) is 0 Å². The van der Waals surface area contributed by atoms with Gasteiger partial charge < -0.3 is 15.2 Å². The Hall–Kier alpha value is -1.52. The minimum Gasteiger partial charge on any atom is -0.361 e. The lowest BCUT2D eigenvalue weighted by molar-refractivity contribution is -0.121. The Balaban J connectivity index is 2.04. The molecule has 2 N–H and O–H groups in total. The quantitative estimate of drug-likeness (QED) is 0.814. The van der Waals surface area contributed by atoms with Crippen LogP contribution < -0.4 is 5.32 Å². The fraction of sp³-hybridized carbons (Fsp3) is 0.500. The summed E-state index contributed by atoms with van der Waals surface area (Å²) in [6, 6.07) is 5.87. The third kappa shape index (κ3) is 5.26. The summed E-state index contributed by atoms with van der Waals surface area (Å²) >= 11 is 6.00. The zero-order valence-electron chi connectivity index (χ0n) is 14.3. The lowest BCUT2D eigenvalue weighted by atomic mass is 10.0. The normalized spacial score (nSPS) is 13.0. The van der Waals surface area contributed by atoms with E-state index in [2.05, 4.69) is 29.0 Å². The molecule has 0 saturated carbocycles. The number of fused-ring (bicyclic) bond motifs is 1. The Morgan fingerprint density at radius 2 is 2.09 bits per heavy atom. The predicted octanol–water partition coefficient (Wildman–Crippen LogP) is 3.46. The van der Waals surface area contributed by atoms with Gasteiger partial charge in [0.2, 0.25) is 5.91 Å². The first kappa shape index (κ1) is 17.8. The number of hydrogen-bond acceptors (Lipinski definition) is 2. The third-order valence-electron chi connectivity index (χ3n) is 3.79. The summed E-state index contributed by atoms with van der Waals surface area (Å²) in [4.78, 5) is 17.7. The Morgan fingerprint density at radius 3 is 2.74 bits per heavy atom. The van der Waals surface area contributed by atoms with Crippen molar-refractivity contribution >= 4 is 28.4 Å². The van der Waals surface area contributed by atoms with Gasteiger partial charge >= 0.3 is 0 Å². The van der Waals surface area contributed by atoms with Crippen LogP contribution in [-0.4, -0.2) is 42.5 Å². The molecular formula is C18H26ClN3O. The standard InChI is InChI=1S/C18H26ClN3O/c1-12(2)7-15(11-22(3)4)21-18(23)8-13-10-20-17-9-14(19)5-6-16(13)17/h5-6,9-10,12,15,20H,7-8,11H2,1-4H3,(H,21,23). The highest BCUT2D eigenvalue weighted by atomic mass is 35.5. The molecule has 23 heavy (non-hydrogen) atoms. The molecule has 4 nitrogen and oxygen atoms in total. The van der Waals surface area contributed by atoms with Crippen LogP contribution in [0.4, 0.5) is 0 Å². The molecule has 2 rings (SSSR count). The highest BCUT2D eigenvalue weighted by Crippen LogP contribution is 2.22. The topological polar surface area (TPSA) is 48.1 Å². The minimum atomic E-state index is 0.0633. The monoisotopic (exact) mass is 335 g/mol. The van der Waals surface area contributed by atoms with Crippen LogP contribution in [0.3, 0.4) is 0 Å². The molecule has 0 radical (unpaired) electrons. The summed E-state index contributed by atoms with van der Waals surface area (Å²) in [5.41, 5.74) is 1.97. The zero-order chi connectivity index (χ0) is 17.0. The van der Waals surface area contributed by atoms with Crippen molar-refractivity contribution in [2.75, 3.05) is 20.6 Å². The number of carbonyl (C=O) groups excluding carboxylic acids is 1. The van der Waals surface area contributed by atoms with Gasteiger partial charge in [-0.15, -0.1) is 0 Å². The van der Waals surface area contributed by atoms with Gasteiger partial charge in [0.1, 0.15) is 0 Å². The average molecular weight is 336 g/mol. The summed E-state index contributed by atoms with van der Waals surface area (Å²) < 4.78 is 0. The molecule has 126 valence electrons. The van der Waals surface area contributed by atoms with Gasteiger partial charge in [-0.3, -0.25) is 4.79 Å². The summed E-state index contributed by atoms with van der Waals surface area (Å²) in [6.45, 7) is 5.21. The third-order valence-corrected chi connectivity index (χ3v) is 4.02. The van der Waals surface area contributed by atoms with Crippen molar-refractivity contribution in [1.82, 2.24) is 15.2 Å². The zero-order valence-corrected chi connectivity index (χ0v) is 15.1. The number of aromatic amines is 1. The lowest BCUT2D eigenvalue weighted by Gasteiger charge is -2.24. The summed E-state index contributed by atoms with van der Waals surface area (Å²) in [5.74, 6) is 0.615. The van der Waals surface area contributed by atoms with Crippen molar-refractivity contribution in [1.29, 1.82) is 0 Å². The van der Waals surface area contributed by atoms with E-state index in [0.717, 1.165) is 29.4 Å². The Bertz CT molecular complexity index is 653. The molecule has 1 atom stereocenters. The van der Waals surface area contributed by atoms with Gasteiger partial charge in [-0.25, -0.2) is 0 Å². The molecule has 1 unspecified atom stereocenters. The molecule has 0 spiro atoms. The van der Waals surface area contributed by atoms with Gasteiger partial charge in [0.15, 0.2) is 0 Å². The number of nitrogens with zero attached hydrogens (tertiary/aromatic N) is 1. The van der Waals surface area contributed by atoms with E-state index in [1.165, 1.54) is 0 Å². The molecule has 1 heterocycles. The fourth-order valence-electron chi connectivity index (χ4n) is 2.95. The molecule has 0 fully saturated rings. The van der Waals surface area contributed by atoms with Gasteiger partial charge in [0.05, 0.1) is 6.42 Å². The highest BCUT2D eigenvalue weighted by molar-refractivity contribution is 6.31. The highest BCUT2D eigenvalue weighted by Gasteiger charge is 2.16. The first-order chi connectivity index (χ1) is 10.8. The largest absolute Gasteiger partial charge is 0.361 e. The van der Waals surface area contributed by atoms with E-state index in [9.17, 15) is 4.79 Å². The molecule has 0 aliphatic heterocycles. The molecule has 1 aromatic carbocycles. The number of carbonyl (C=O) groups is 1. The van der Waals surface area contributed by atoms with E-state index < -0.39 is 0 Å². The van der Waals surface area contributed by atoms with E-state index in [1.54, 1.807) is 0 Å². The van der Waals surface area contributed by atoms with Crippen LogP contribution >= 0.6 is 11.6 Å². The van der Waals surface area contributed by atoms with Gasteiger partial charge in [-0.2, -0.15) is 0 Å². The summed E-state index contributed by atoms with van der Waals surface area (Å²) in [7, 11) is 4.06. The first-order valence-corrected chi connectivity index (χ1v) is 8.42. The van der Waals surface area contributed by atoms with Crippen molar-refractivity contribution in [3.63, 3.8) is 0 Å². The molecule has 1 amide bonds. The van der Waals surface area contributed by atoms with Crippen molar-refractivity contribution in [2.45, 2.75) is 32.7 Å². The van der Waals surface area contributed by atoms with Crippen molar-refractivity contribution in [2.24, 2.45) is 5.92 Å². The first-order valence-electron chi connectivity index (χ1n) is 8.04. The van der Waals surface area contributed by atoms with E-state index in [1.807, 2.05) is 38.5 Å². The van der Waals surface area contributed by atoms with Crippen molar-refractivity contribution in [3.05, 3.63) is 35.0 Å². The number of halogens is 1. The second-order valence-corrected chi connectivity index (χ2v) is 7.27. The average Bonchev–Trinajstić information content (AvgIpc) is 2.79. The maximum Gasteiger partial charge on any atom is 0.224 e. The van der Waals surface area contributed by atoms with Crippen LogP contribution in [0.25, 0.3) is 10.9 Å². The Labute approximate surface area is 143 Å². The molecule has 0 saturated heterocycles. The summed E-state index contributed by atoms with van der Waals surface area (Å²) in [5, 5.41) is 4.92. The van der Waals surface area contributed by atoms with Gasteiger partial charge in [0.25, 0.3) is 0 Å². The number of aromatic nitrogens is 1. The lowest BCUT2D eigenvalue weighted by Crippen LogP contribution is -2.43. The Morgan fingerprint density at radius 1 is 1.35 bits per heavy atom. The number of rotatable bonds is 7. The molecule has 1 aromatic heterocycles. The second-order valence-electron chi connectivity index (χ2n) is 6.84. The maximum absolute atomic E-state index is 12.4. The number of nitrogens with one attached hydrogen (secondary N) is 2. The van der Waals surface area contributed by atoms with E-state index in [4.69, 9.17) is 11.6 Å². The summed E-state index contributed by atoms with van der Waals surface area (Å²) in [6.07, 6.45) is 3.25. The van der Waals surface area contributed by atoms with Crippen LogP contribution in [-0.2, 0) is 11.2 Å². The number of amides is 1. The van der Waals surface area contributed by atoms with Crippen LogP contribution in [0.1, 0.15) is 25.8 Å². The van der Waals surface area contributed by atoms with Gasteiger partial charge in [-0.05, 0) is 44.1 Å². The van der Waals surface area contributed by atoms with Gasteiger partial charge in [0, 0.05) is 34.7 Å². The number of benzene rings is 1. The van der Waals surface area contributed by atoms with Crippen LogP contribution in [0.5, 0.6) is 0 Å². The Kier molecular flexibility index (Phi) is 6.08. The number of likely N-dealkylation sites (N-methyl/N-ethyl adjacent to an activating group) is 1. The number of H-pyrrole nitrogens is 1. The van der Waals surface area contributed by atoms with E-state index in [-0.39, 0.29) is 11.9 Å². The second kappa shape index (κ2) is 7.84. The van der Waals surface area contributed by atoms with Crippen LogP contribution in [0.15, 0.2) is 24.4 Å². The fourth-order valence-corrected chi connectivity index (χ4v) is 3.12. The predicted molar refractivity (Wildman–Crippen MR) is 97.0 cm³/mol. The number of hydrogen-bond donors (Lipinski definition) is 2.